The number of aliphatic hydroxyl groups excluding tert-OH is 1. The fourth-order valence-electron chi connectivity index (χ4n) is 4.67. The van der Waals surface area contributed by atoms with Crippen molar-refractivity contribution in [1.82, 2.24) is 19.9 Å². The standard InChI is InChI=1S/C28H34N4O5/c1-3-4-6-11-27(34)31-18-26(33)25(16-24(31)20-12-14-23(36-2)15-13-20)32-17-22(29-30-32)19-37-28(35)21-9-7-5-8-10-21/h5,7-10,12-15,17,24-26,33H,3-4,6,11,16,18-19H2,1-2H3. The second-order valence-corrected chi connectivity index (χ2v) is 9.29. The molecule has 1 aliphatic heterocycles. The Morgan fingerprint density at radius 2 is 1.84 bits per heavy atom. The summed E-state index contributed by atoms with van der Waals surface area (Å²) in [5.41, 5.74) is 1.91. The number of methoxy groups -OCH3 is 1. The molecule has 9 heteroatoms. The van der Waals surface area contributed by atoms with Gasteiger partial charge in [0.15, 0.2) is 0 Å². The second-order valence-electron chi connectivity index (χ2n) is 9.29. The molecule has 37 heavy (non-hydrogen) atoms. The minimum atomic E-state index is -0.814. The molecule has 1 saturated heterocycles. The number of piperidine rings is 1. The summed E-state index contributed by atoms with van der Waals surface area (Å²) in [4.78, 5) is 27.2. The van der Waals surface area contributed by atoms with E-state index in [9.17, 15) is 14.7 Å². The molecule has 0 saturated carbocycles. The Bertz CT molecular complexity index is 1160. The number of aromatic nitrogens is 3. The van der Waals surface area contributed by atoms with E-state index < -0.39 is 18.1 Å². The zero-order valence-electron chi connectivity index (χ0n) is 21.3. The number of ether oxygens (including phenoxy) is 2. The van der Waals surface area contributed by atoms with Crippen LogP contribution in [0.25, 0.3) is 0 Å². The third kappa shape index (κ3) is 6.54. The molecule has 0 spiro atoms. The molecule has 3 aromatic rings. The number of β-amino-alcohol motifs (C(OH)–C–C–N with tert-alkyl or cyclic N) is 1. The van der Waals surface area contributed by atoms with E-state index >= 15 is 0 Å². The number of carbonyl (C=O) groups is 2. The van der Waals surface area contributed by atoms with Crippen molar-refractivity contribution in [3.63, 3.8) is 0 Å². The third-order valence-corrected chi connectivity index (χ3v) is 6.74. The van der Waals surface area contributed by atoms with E-state index in [-0.39, 0.29) is 25.1 Å². The highest BCUT2D eigenvalue weighted by molar-refractivity contribution is 5.89. The van der Waals surface area contributed by atoms with Crippen molar-refractivity contribution in [1.29, 1.82) is 0 Å². The van der Waals surface area contributed by atoms with E-state index in [1.54, 1.807) is 47.2 Å². The highest BCUT2D eigenvalue weighted by Gasteiger charge is 2.39. The number of hydrogen-bond donors (Lipinski definition) is 1. The normalized spacial score (nSPS) is 19.4. The van der Waals surface area contributed by atoms with Crippen molar-refractivity contribution in [3.8, 4) is 5.75 Å². The average molecular weight is 507 g/mol. The number of likely N-dealkylation sites (tertiary alicyclic amines) is 1. The summed E-state index contributed by atoms with van der Waals surface area (Å²) >= 11 is 0. The third-order valence-electron chi connectivity index (χ3n) is 6.74. The van der Waals surface area contributed by atoms with Crippen LogP contribution in [0.2, 0.25) is 0 Å². The Morgan fingerprint density at radius 3 is 2.54 bits per heavy atom. The Morgan fingerprint density at radius 1 is 1.08 bits per heavy atom. The molecule has 0 bridgehead atoms. The molecule has 0 aliphatic carbocycles. The van der Waals surface area contributed by atoms with Gasteiger partial charge in [0.2, 0.25) is 5.91 Å². The number of benzene rings is 2. The lowest BCUT2D eigenvalue weighted by Crippen LogP contribution is -2.49. The Kier molecular flexibility index (Phi) is 8.90. The number of amides is 1. The monoisotopic (exact) mass is 506 g/mol. The Labute approximate surface area is 217 Å². The lowest BCUT2D eigenvalue weighted by atomic mass is 9.89. The number of rotatable bonds is 10. The minimum Gasteiger partial charge on any atom is -0.497 e. The van der Waals surface area contributed by atoms with E-state index in [0.29, 0.717) is 24.1 Å². The predicted octanol–water partition coefficient (Wildman–Crippen LogP) is 4.10. The summed E-state index contributed by atoms with van der Waals surface area (Å²) in [5.74, 6) is 0.339. The van der Waals surface area contributed by atoms with Crippen molar-refractivity contribution in [2.45, 2.75) is 63.8 Å². The predicted molar refractivity (Wildman–Crippen MR) is 137 cm³/mol. The fraction of sp³-hybridized carbons (Fsp3) is 0.429. The van der Waals surface area contributed by atoms with E-state index in [4.69, 9.17) is 9.47 Å². The zero-order chi connectivity index (χ0) is 26.2. The molecule has 2 heterocycles. The largest absolute Gasteiger partial charge is 0.497 e. The molecule has 1 aromatic heterocycles. The van der Waals surface area contributed by atoms with Gasteiger partial charge in [-0.15, -0.1) is 5.10 Å². The molecule has 1 fully saturated rings. The first kappa shape index (κ1) is 26.3. The number of carbonyl (C=O) groups excluding carboxylic acids is 2. The van der Waals surface area contributed by atoms with E-state index in [1.807, 2.05) is 30.3 Å². The maximum absolute atomic E-state index is 13.1. The van der Waals surface area contributed by atoms with Gasteiger partial charge in [-0.3, -0.25) is 4.79 Å². The number of nitrogens with zero attached hydrogens (tertiary/aromatic N) is 4. The second kappa shape index (κ2) is 12.5. The number of hydrogen-bond acceptors (Lipinski definition) is 7. The molecular weight excluding hydrogens is 472 g/mol. The van der Waals surface area contributed by atoms with E-state index in [1.165, 1.54) is 0 Å². The Hall–Kier alpha value is -3.72. The fourth-order valence-corrected chi connectivity index (χ4v) is 4.67. The summed E-state index contributed by atoms with van der Waals surface area (Å²) in [6.45, 7) is 2.28. The number of aliphatic hydroxyl groups is 1. The maximum atomic E-state index is 13.1. The summed E-state index contributed by atoms with van der Waals surface area (Å²) in [6.07, 6.45) is 4.66. The molecule has 1 amide bonds. The molecule has 0 radical (unpaired) electrons. The highest BCUT2D eigenvalue weighted by atomic mass is 16.5. The lowest BCUT2D eigenvalue weighted by molar-refractivity contribution is -0.140. The molecule has 196 valence electrons. The van der Waals surface area contributed by atoms with Gasteiger partial charge >= 0.3 is 5.97 Å². The van der Waals surface area contributed by atoms with E-state index in [0.717, 1.165) is 30.6 Å². The molecule has 1 aliphatic rings. The van der Waals surface area contributed by atoms with Gasteiger partial charge in [-0.1, -0.05) is 55.3 Å². The van der Waals surface area contributed by atoms with Crippen molar-refractivity contribution >= 4 is 11.9 Å². The smallest absolute Gasteiger partial charge is 0.338 e. The lowest BCUT2D eigenvalue weighted by Gasteiger charge is -2.42. The summed E-state index contributed by atoms with van der Waals surface area (Å²) in [5, 5.41) is 19.4. The first-order valence-corrected chi connectivity index (χ1v) is 12.7. The van der Waals surface area contributed by atoms with Gasteiger partial charge in [0.1, 0.15) is 18.1 Å². The molecule has 2 aromatic carbocycles. The van der Waals surface area contributed by atoms with Crippen LogP contribution >= 0.6 is 0 Å². The average Bonchev–Trinajstić information content (AvgIpc) is 3.41. The van der Waals surface area contributed by atoms with E-state index in [2.05, 4.69) is 17.2 Å². The first-order chi connectivity index (χ1) is 18.0. The molecular formula is C28H34N4O5. The summed E-state index contributed by atoms with van der Waals surface area (Å²) in [6, 6.07) is 15.8. The van der Waals surface area contributed by atoms with Crippen LogP contribution < -0.4 is 4.74 Å². The first-order valence-electron chi connectivity index (χ1n) is 12.7. The van der Waals surface area contributed by atoms with Gasteiger partial charge in [-0.25, -0.2) is 9.48 Å². The quantitative estimate of drug-likeness (QED) is 0.326. The van der Waals surface area contributed by atoms with Crippen LogP contribution in [0.3, 0.4) is 0 Å². The van der Waals surface area contributed by atoms with Gasteiger partial charge < -0.3 is 19.5 Å². The van der Waals surface area contributed by atoms with Crippen LogP contribution in [0.5, 0.6) is 5.75 Å². The van der Waals surface area contributed by atoms with Crippen LogP contribution in [0.15, 0.2) is 60.8 Å². The summed E-state index contributed by atoms with van der Waals surface area (Å²) < 4.78 is 12.3. The topological polar surface area (TPSA) is 107 Å². The van der Waals surface area contributed by atoms with Crippen LogP contribution in [0.1, 0.15) is 72.7 Å². The van der Waals surface area contributed by atoms with Crippen LogP contribution in [-0.2, 0) is 16.1 Å². The van der Waals surface area contributed by atoms with Gasteiger partial charge in [-0.2, -0.15) is 0 Å². The van der Waals surface area contributed by atoms with Crippen molar-refractivity contribution in [3.05, 3.63) is 77.6 Å². The molecule has 9 nitrogen and oxygen atoms in total. The molecule has 1 N–H and O–H groups in total. The zero-order valence-corrected chi connectivity index (χ0v) is 21.3. The van der Waals surface area contributed by atoms with Crippen molar-refractivity contribution in [2.75, 3.05) is 13.7 Å². The number of unbranched alkanes of at least 4 members (excludes halogenated alkanes) is 2. The van der Waals surface area contributed by atoms with Gasteiger partial charge in [0.25, 0.3) is 0 Å². The molecule has 4 rings (SSSR count). The maximum Gasteiger partial charge on any atom is 0.338 e. The molecule has 3 atom stereocenters. The van der Waals surface area contributed by atoms with Crippen LogP contribution in [0.4, 0.5) is 0 Å². The van der Waals surface area contributed by atoms with Crippen LogP contribution in [0, 0.1) is 0 Å². The number of esters is 1. The van der Waals surface area contributed by atoms with Gasteiger partial charge in [0.05, 0.1) is 37.1 Å². The Balaban J connectivity index is 1.48. The van der Waals surface area contributed by atoms with Crippen molar-refractivity contribution < 1.29 is 24.2 Å². The van der Waals surface area contributed by atoms with Gasteiger partial charge in [0, 0.05) is 13.0 Å². The SMILES string of the molecule is CCCCCC(=O)N1CC(O)C(n2cc(COC(=O)c3ccccc3)nn2)CC1c1ccc(OC)cc1. The molecule has 3 unspecified atom stereocenters. The summed E-state index contributed by atoms with van der Waals surface area (Å²) in [7, 11) is 1.62. The van der Waals surface area contributed by atoms with Crippen LogP contribution in [-0.4, -0.2) is 56.6 Å². The van der Waals surface area contributed by atoms with Crippen molar-refractivity contribution in [2.24, 2.45) is 0 Å². The minimum absolute atomic E-state index is 0.0273. The highest BCUT2D eigenvalue weighted by Crippen LogP contribution is 2.38. The van der Waals surface area contributed by atoms with Gasteiger partial charge in [-0.05, 0) is 42.7 Å².